The summed E-state index contributed by atoms with van der Waals surface area (Å²) in [4.78, 5) is 43.0. The van der Waals surface area contributed by atoms with Gasteiger partial charge in [-0.1, -0.05) is 74.7 Å². The first-order valence-corrected chi connectivity index (χ1v) is 14.4. The van der Waals surface area contributed by atoms with Crippen molar-refractivity contribution in [2.45, 2.75) is 106 Å². The summed E-state index contributed by atoms with van der Waals surface area (Å²) in [6, 6.07) is 10.1. The number of nitrogens with zero attached hydrogens (tertiary/aromatic N) is 1. The highest BCUT2D eigenvalue weighted by atomic mass is 16.6. The lowest BCUT2D eigenvalue weighted by molar-refractivity contribution is -0.141. The SMILES string of the molecule is CCCCN(C(=O)C(CC(C)C)NC(=O)OC(C)(C)C)C(C(=O)Nc1c(C)cccc1C)c1cc(C)cc(C)c1. The molecule has 2 unspecified atom stereocenters. The van der Waals surface area contributed by atoms with Crippen molar-refractivity contribution >= 4 is 23.6 Å². The smallest absolute Gasteiger partial charge is 0.408 e. The topological polar surface area (TPSA) is 87.7 Å². The number of carbonyl (C=O) groups excluding carboxylic acids is 3. The maximum atomic E-state index is 14.3. The predicted molar refractivity (Wildman–Crippen MR) is 162 cm³/mol. The summed E-state index contributed by atoms with van der Waals surface area (Å²) in [5.41, 5.74) is 4.69. The lowest BCUT2D eigenvalue weighted by Crippen LogP contribution is -2.53. The number of alkyl carbamates (subject to hydrolysis) is 1. The van der Waals surface area contributed by atoms with E-state index in [1.165, 1.54) is 0 Å². The summed E-state index contributed by atoms with van der Waals surface area (Å²) >= 11 is 0. The Morgan fingerprint density at radius 2 is 1.52 bits per heavy atom. The van der Waals surface area contributed by atoms with Crippen LogP contribution in [0, 0.1) is 33.6 Å². The number of amides is 3. The van der Waals surface area contributed by atoms with E-state index in [0.717, 1.165) is 39.9 Å². The van der Waals surface area contributed by atoms with Crippen LogP contribution < -0.4 is 10.6 Å². The van der Waals surface area contributed by atoms with Gasteiger partial charge in [0.1, 0.15) is 17.7 Å². The molecule has 0 saturated carbocycles. The summed E-state index contributed by atoms with van der Waals surface area (Å²) in [7, 11) is 0. The van der Waals surface area contributed by atoms with Gasteiger partial charge in [-0.15, -0.1) is 0 Å². The molecule has 220 valence electrons. The summed E-state index contributed by atoms with van der Waals surface area (Å²) in [5, 5.41) is 5.95. The van der Waals surface area contributed by atoms with E-state index in [2.05, 4.69) is 17.6 Å². The van der Waals surface area contributed by atoms with Crippen molar-refractivity contribution in [2.24, 2.45) is 5.92 Å². The van der Waals surface area contributed by atoms with E-state index in [1.54, 1.807) is 25.7 Å². The van der Waals surface area contributed by atoms with Crippen LogP contribution in [0.1, 0.15) is 94.7 Å². The van der Waals surface area contributed by atoms with Gasteiger partial charge in [0.25, 0.3) is 5.91 Å². The van der Waals surface area contributed by atoms with E-state index in [0.29, 0.717) is 19.4 Å². The number of para-hydroxylation sites is 1. The highest BCUT2D eigenvalue weighted by molar-refractivity contribution is 6.00. The van der Waals surface area contributed by atoms with E-state index < -0.39 is 23.8 Å². The number of unbranched alkanes of at least 4 members (excludes halogenated alkanes) is 1. The van der Waals surface area contributed by atoms with Gasteiger partial charge in [-0.3, -0.25) is 9.59 Å². The molecule has 0 bridgehead atoms. The number of nitrogens with one attached hydrogen (secondary N) is 2. The van der Waals surface area contributed by atoms with Crippen LogP contribution in [-0.4, -0.2) is 41.0 Å². The highest BCUT2D eigenvalue weighted by Gasteiger charge is 2.36. The van der Waals surface area contributed by atoms with Gasteiger partial charge >= 0.3 is 6.09 Å². The number of hydrogen-bond donors (Lipinski definition) is 2. The molecule has 0 heterocycles. The van der Waals surface area contributed by atoms with Gasteiger partial charge in [0, 0.05) is 12.2 Å². The van der Waals surface area contributed by atoms with Gasteiger partial charge in [0.2, 0.25) is 5.91 Å². The van der Waals surface area contributed by atoms with Crippen molar-refractivity contribution in [2.75, 3.05) is 11.9 Å². The average Bonchev–Trinajstić information content (AvgIpc) is 2.81. The Hall–Kier alpha value is -3.35. The van der Waals surface area contributed by atoms with Crippen molar-refractivity contribution in [3.63, 3.8) is 0 Å². The first kappa shape index (κ1) is 32.9. The Balaban J connectivity index is 2.62. The van der Waals surface area contributed by atoms with Gasteiger partial charge in [-0.05, 0) is 83.9 Å². The number of carbonyl (C=O) groups is 3. The van der Waals surface area contributed by atoms with Gasteiger partial charge in [-0.2, -0.15) is 0 Å². The molecule has 0 saturated heterocycles. The molecular formula is C33H49N3O4. The lowest BCUT2D eigenvalue weighted by atomic mass is 9.96. The Morgan fingerprint density at radius 1 is 0.950 bits per heavy atom. The quantitative estimate of drug-likeness (QED) is 0.310. The molecule has 2 aromatic carbocycles. The molecule has 0 fully saturated rings. The van der Waals surface area contributed by atoms with Gasteiger partial charge in [0.05, 0.1) is 0 Å². The second-order valence-corrected chi connectivity index (χ2v) is 12.3. The van der Waals surface area contributed by atoms with Crippen LogP contribution in [0.2, 0.25) is 0 Å². The molecule has 2 rings (SSSR count). The third-order valence-corrected chi connectivity index (χ3v) is 6.58. The van der Waals surface area contributed by atoms with Gasteiger partial charge in [-0.25, -0.2) is 4.79 Å². The molecule has 2 atom stereocenters. The molecule has 0 spiro atoms. The Morgan fingerprint density at radius 3 is 2.02 bits per heavy atom. The first-order valence-electron chi connectivity index (χ1n) is 14.4. The molecule has 0 radical (unpaired) electrons. The summed E-state index contributed by atoms with van der Waals surface area (Å²) < 4.78 is 5.49. The molecular weight excluding hydrogens is 502 g/mol. The van der Waals surface area contributed by atoms with Crippen LogP contribution >= 0.6 is 0 Å². The summed E-state index contributed by atoms with van der Waals surface area (Å²) in [5.74, 6) is -0.457. The molecule has 0 aliphatic heterocycles. The fraction of sp³-hybridized carbons (Fsp3) is 0.545. The molecule has 40 heavy (non-hydrogen) atoms. The predicted octanol–water partition coefficient (Wildman–Crippen LogP) is 7.17. The molecule has 7 heteroatoms. The Kier molecular flexibility index (Phi) is 11.8. The van der Waals surface area contributed by atoms with E-state index in [9.17, 15) is 14.4 Å². The zero-order valence-electron chi connectivity index (χ0n) is 26.1. The minimum atomic E-state index is -0.883. The van der Waals surface area contributed by atoms with Crippen LogP contribution in [0.4, 0.5) is 10.5 Å². The van der Waals surface area contributed by atoms with Crippen molar-refractivity contribution in [3.05, 3.63) is 64.2 Å². The van der Waals surface area contributed by atoms with Crippen molar-refractivity contribution in [1.82, 2.24) is 10.2 Å². The van der Waals surface area contributed by atoms with Gasteiger partial charge < -0.3 is 20.3 Å². The molecule has 3 amide bonds. The largest absolute Gasteiger partial charge is 0.444 e. The zero-order chi connectivity index (χ0) is 30.2. The van der Waals surface area contributed by atoms with Crippen LogP contribution in [-0.2, 0) is 14.3 Å². The number of hydrogen-bond acceptors (Lipinski definition) is 4. The molecule has 2 N–H and O–H groups in total. The lowest BCUT2D eigenvalue weighted by Gasteiger charge is -2.35. The molecule has 0 aliphatic carbocycles. The second kappa shape index (κ2) is 14.3. The van der Waals surface area contributed by atoms with E-state index in [4.69, 9.17) is 4.74 Å². The number of benzene rings is 2. The third kappa shape index (κ3) is 9.68. The monoisotopic (exact) mass is 551 g/mol. The van der Waals surface area contributed by atoms with E-state index in [1.807, 2.05) is 77.9 Å². The van der Waals surface area contributed by atoms with Crippen molar-refractivity contribution in [1.29, 1.82) is 0 Å². The Labute approximate surface area is 241 Å². The molecule has 0 aromatic heterocycles. The second-order valence-electron chi connectivity index (χ2n) is 12.3. The molecule has 0 aliphatic rings. The van der Waals surface area contributed by atoms with Crippen LogP contribution in [0.3, 0.4) is 0 Å². The minimum Gasteiger partial charge on any atom is -0.444 e. The number of rotatable bonds is 11. The Bertz CT molecular complexity index is 1140. The van der Waals surface area contributed by atoms with Crippen LogP contribution in [0.5, 0.6) is 0 Å². The maximum Gasteiger partial charge on any atom is 0.408 e. The van der Waals surface area contributed by atoms with Crippen molar-refractivity contribution < 1.29 is 19.1 Å². The number of anilines is 1. The van der Waals surface area contributed by atoms with E-state index >= 15 is 0 Å². The molecule has 7 nitrogen and oxygen atoms in total. The number of ether oxygens (including phenoxy) is 1. The zero-order valence-corrected chi connectivity index (χ0v) is 26.1. The van der Waals surface area contributed by atoms with E-state index in [-0.39, 0.29) is 17.7 Å². The normalized spacial score (nSPS) is 13.0. The standard InChI is InChI=1S/C33H49N3O4/c1-11-12-16-36(31(38)27(17-21(2)3)34-32(39)40-33(8,9)10)29(26-19-22(4)18-23(5)20-26)30(37)35-28-24(6)14-13-15-25(28)7/h13-15,18-21,27,29H,11-12,16-17H2,1-10H3,(H,34,39)(H,35,37). The average molecular weight is 552 g/mol. The van der Waals surface area contributed by atoms with Crippen LogP contribution in [0.25, 0.3) is 0 Å². The summed E-state index contributed by atoms with van der Waals surface area (Å²) in [6.07, 6.45) is 1.32. The first-order chi connectivity index (χ1) is 18.6. The van der Waals surface area contributed by atoms with Gasteiger partial charge in [0.15, 0.2) is 0 Å². The van der Waals surface area contributed by atoms with Crippen LogP contribution in [0.15, 0.2) is 36.4 Å². The third-order valence-electron chi connectivity index (χ3n) is 6.58. The highest BCUT2D eigenvalue weighted by Crippen LogP contribution is 2.29. The number of aryl methyl sites for hydroxylation is 4. The van der Waals surface area contributed by atoms with Crippen molar-refractivity contribution in [3.8, 4) is 0 Å². The fourth-order valence-corrected chi connectivity index (χ4v) is 4.88. The fourth-order valence-electron chi connectivity index (χ4n) is 4.88. The minimum absolute atomic E-state index is 0.125. The summed E-state index contributed by atoms with van der Waals surface area (Å²) in [6.45, 7) is 19.7. The maximum absolute atomic E-state index is 14.3. The molecule has 2 aromatic rings.